The van der Waals surface area contributed by atoms with Crippen molar-refractivity contribution in [3.63, 3.8) is 0 Å². The van der Waals surface area contributed by atoms with Crippen LogP contribution in [0.15, 0.2) is 30.3 Å². The van der Waals surface area contributed by atoms with Crippen molar-refractivity contribution in [3.05, 3.63) is 35.9 Å². The lowest BCUT2D eigenvalue weighted by Crippen LogP contribution is -2.52. The van der Waals surface area contributed by atoms with Crippen LogP contribution in [0.3, 0.4) is 0 Å². The van der Waals surface area contributed by atoms with Gasteiger partial charge in [0.2, 0.25) is 5.91 Å². The second-order valence-electron chi connectivity index (χ2n) is 7.57. The Morgan fingerprint density at radius 3 is 2.68 bits per heavy atom. The molecule has 3 rings (SSSR count). The molecule has 0 spiro atoms. The van der Waals surface area contributed by atoms with Crippen molar-refractivity contribution in [1.82, 2.24) is 15.1 Å². The minimum atomic E-state index is 0.234. The number of hydrogen-bond acceptors (Lipinski definition) is 3. The highest BCUT2D eigenvalue weighted by Crippen LogP contribution is 2.23. The molecule has 0 bridgehead atoms. The van der Waals surface area contributed by atoms with E-state index in [4.69, 9.17) is 0 Å². The van der Waals surface area contributed by atoms with Gasteiger partial charge in [0, 0.05) is 31.6 Å². The van der Waals surface area contributed by atoms with Crippen LogP contribution in [0.4, 0.5) is 0 Å². The maximum Gasteiger partial charge on any atom is 0.226 e. The number of benzene rings is 1. The first-order valence-electron chi connectivity index (χ1n) is 10.1. The third kappa shape index (κ3) is 5.05. The van der Waals surface area contributed by atoms with Gasteiger partial charge < -0.3 is 10.2 Å². The highest BCUT2D eigenvalue weighted by molar-refractivity contribution is 5.79. The van der Waals surface area contributed by atoms with Gasteiger partial charge in [-0.15, -0.1) is 0 Å². The van der Waals surface area contributed by atoms with Crippen LogP contribution in [0.1, 0.15) is 44.6 Å². The van der Waals surface area contributed by atoms with Gasteiger partial charge in [-0.3, -0.25) is 9.69 Å². The molecule has 1 aromatic carbocycles. The van der Waals surface area contributed by atoms with Crippen molar-refractivity contribution in [2.24, 2.45) is 5.92 Å². The van der Waals surface area contributed by atoms with Crippen LogP contribution in [0.25, 0.3) is 0 Å². The van der Waals surface area contributed by atoms with Crippen LogP contribution in [0, 0.1) is 5.92 Å². The largest absolute Gasteiger partial charge is 0.338 e. The number of carbonyl (C=O) groups excluding carboxylic acids is 1. The van der Waals surface area contributed by atoms with Crippen molar-refractivity contribution in [2.45, 2.75) is 51.6 Å². The summed E-state index contributed by atoms with van der Waals surface area (Å²) in [6.45, 7) is 8.24. The molecule has 1 aromatic rings. The summed E-state index contributed by atoms with van der Waals surface area (Å²) in [4.78, 5) is 17.9. The minimum Gasteiger partial charge on any atom is -0.338 e. The Balaban J connectivity index is 1.62. The first-order valence-corrected chi connectivity index (χ1v) is 10.1. The molecule has 1 unspecified atom stereocenters. The fourth-order valence-electron chi connectivity index (χ4n) is 4.29. The molecular formula is C21H33N3O. The molecule has 25 heavy (non-hydrogen) atoms. The first kappa shape index (κ1) is 18.4. The Morgan fingerprint density at radius 2 is 1.96 bits per heavy atom. The standard InChI is InChI=1S/C21H33N3O/c1-2-14-24(21(25)19-10-12-22-13-11-19)20-9-6-15-23(17-20)16-18-7-4-3-5-8-18/h3-5,7-8,19-20,22H,2,6,9-17H2,1H3. The third-order valence-corrected chi connectivity index (χ3v) is 5.61. The molecule has 2 aliphatic rings. The lowest BCUT2D eigenvalue weighted by atomic mass is 9.94. The quantitative estimate of drug-likeness (QED) is 0.863. The molecule has 2 saturated heterocycles. The van der Waals surface area contributed by atoms with E-state index in [0.29, 0.717) is 11.9 Å². The zero-order valence-electron chi connectivity index (χ0n) is 15.6. The molecule has 4 heteroatoms. The molecule has 1 atom stereocenters. The zero-order valence-corrected chi connectivity index (χ0v) is 15.6. The number of nitrogens with zero attached hydrogens (tertiary/aromatic N) is 2. The maximum absolute atomic E-state index is 13.1. The van der Waals surface area contributed by atoms with Crippen molar-refractivity contribution in [2.75, 3.05) is 32.7 Å². The molecule has 138 valence electrons. The molecule has 2 heterocycles. The number of piperidine rings is 2. The van der Waals surface area contributed by atoms with Crippen LogP contribution in [-0.4, -0.2) is 54.5 Å². The second kappa shape index (κ2) is 9.35. The second-order valence-corrected chi connectivity index (χ2v) is 7.57. The maximum atomic E-state index is 13.1. The fourth-order valence-corrected chi connectivity index (χ4v) is 4.29. The summed E-state index contributed by atoms with van der Waals surface area (Å²) >= 11 is 0. The van der Waals surface area contributed by atoms with Crippen LogP contribution in [-0.2, 0) is 11.3 Å². The fraction of sp³-hybridized carbons (Fsp3) is 0.667. The van der Waals surface area contributed by atoms with Gasteiger partial charge in [0.05, 0.1) is 0 Å². The molecule has 1 N–H and O–H groups in total. The third-order valence-electron chi connectivity index (χ3n) is 5.61. The van der Waals surface area contributed by atoms with Gasteiger partial charge in [0.25, 0.3) is 0 Å². The summed E-state index contributed by atoms with van der Waals surface area (Å²) in [7, 11) is 0. The van der Waals surface area contributed by atoms with Crippen LogP contribution >= 0.6 is 0 Å². The number of carbonyl (C=O) groups is 1. The van der Waals surface area contributed by atoms with Crippen LogP contribution < -0.4 is 5.32 Å². The Kier molecular flexibility index (Phi) is 6.88. The lowest BCUT2D eigenvalue weighted by Gasteiger charge is -2.41. The molecular weight excluding hydrogens is 310 g/mol. The highest BCUT2D eigenvalue weighted by Gasteiger charge is 2.32. The summed E-state index contributed by atoms with van der Waals surface area (Å²) in [5, 5.41) is 3.38. The minimum absolute atomic E-state index is 0.234. The first-order chi connectivity index (χ1) is 12.3. The Morgan fingerprint density at radius 1 is 1.20 bits per heavy atom. The molecule has 0 radical (unpaired) electrons. The SMILES string of the molecule is CCCN(C(=O)C1CCNCC1)C1CCCN(Cc2ccccc2)C1. The van der Waals surface area contributed by atoms with Crippen LogP contribution in [0.2, 0.25) is 0 Å². The van der Waals surface area contributed by atoms with Crippen molar-refractivity contribution in [1.29, 1.82) is 0 Å². The molecule has 0 aromatic heterocycles. The molecule has 2 fully saturated rings. The van der Waals surface area contributed by atoms with E-state index in [-0.39, 0.29) is 5.92 Å². The number of hydrogen-bond donors (Lipinski definition) is 1. The van der Waals surface area contributed by atoms with Gasteiger partial charge >= 0.3 is 0 Å². The van der Waals surface area contributed by atoms with Gasteiger partial charge in [0.15, 0.2) is 0 Å². The number of nitrogens with one attached hydrogen (secondary N) is 1. The Bertz CT molecular complexity index is 527. The van der Waals surface area contributed by atoms with Gasteiger partial charge in [-0.05, 0) is 57.3 Å². The summed E-state index contributed by atoms with van der Waals surface area (Å²) in [5.74, 6) is 0.646. The van der Waals surface area contributed by atoms with E-state index in [9.17, 15) is 4.79 Å². The zero-order chi connectivity index (χ0) is 17.5. The van der Waals surface area contributed by atoms with E-state index in [2.05, 4.69) is 52.4 Å². The summed E-state index contributed by atoms with van der Waals surface area (Å²) < 4.78 is 0. The molecule has 4 nitrogen and oxygen atoms in total. The van der Waals surface area contributed by atoms with Crippen LogP contribution in [0.5, 0.6) is 0 Å². The number of likely N-dealkylation sites (tertiary alicyclic amines) is 1. The van der Waals surface area contributed by atoms with Gasteiger partial charge in [0.1, 0.15) is 0 Å². The van der Waals surface area contributed by atoms with E-state index in [1.54, 1.807) is 0 Å². The lowest BCUT2D eigenvalue weighted by molar-refractivity contribution is -0.140. The average Bonchev–Trinajstić information content (AvgIpc) is 2.67. The van der Waals surface area contributed by atoms with Crippen molar-refractivity contribution in [3.8, 4) is 0 Å². The molecule has 1 amide bonds. The Hall–Kier alpha value is -1.39. The monoisotopic (exact) mass is 343 g/mol. The van der Waals surface area contributed by atoms with E-state index >= 15 is 0 Å². The van der Waals surface area contributed by atoms with Crippen molar-refractivity contribution >= 4 is 5.91 Å². The summed E-state index contributed by atoms with van der Waals surface area (Å²) in [6, 6.07) is 11.1. The molecule has 0 aliphatic carbocycles. The van der Waals surface area contributed by atoms with E-state index in [0.717, 1.165) is 65.0 Å². The average molecular weight is 344 g/mol. The summed E-state index contributed by atoms with van der Waals surface area (Å²) in [6.07, 6.45) is 5.39. The normalized spacial score (nSPS) is 22.7. The van der Waals surface area contributed by atoms with E-state index < -0.39 is 0 Å². The smallest absolute Gasteiger partial charge is 0.226 e. The van der Waals surface area contributed by atoms with E-state index in [1.807, 2.05) is 0 Å². The number of amides is 1. The predicted molar refractivity (Wildman–Crippen MR) is 102 cm³/mol. The number of rotatable bonds is 6. The predicted octanol–water partition coefficient (Wildman–Crippen LogP) is 2.89. The Labute approximate surface area is 152 Å². The van der Waals surface area contributed by atoms with Gasteiger partial charge in [-0.2, -0.15) is 0 Å². The van der Waals surface area contributed by atoms with E-state index in [1.165, 1.54) is 12.0 Å². The highest BCUT2D eigenvalue weighted by atomic mass is 16.2. The molecule has 0 saturated carbocycles. The topological polar surface area (TPSA) is 35.6 Å². The van der Waals surface area contributed by atoms with Crippen molar-refractivity contribution < 1.29 is 4.79 Å². The van der Waals surface area contributed by atoms with Gasteiger partial charge in [-0.25, -0.2) is 0 Å². The summed E-state index contributed by atoms with van der Waals surface area (Å²) in [5.41, 5.74) is 1.37. The van der Waals surface area contributed by atoms with Gasteiger partial charge in [-0.1, -0.05) is 37.3 Å². The molecule has 2 aliphatic heterocycles.